The molecule has 9 nitrogen and oxygen atoms in total. The van der Waals surface area contributed by atoms with E-state index in [2.05, 4.69) is 36.8 Å². The molecule has 32 heavy (non-hydrogen) atoms. The second kappa shape index (κ2) is 8.97. The van der Waals surface area contributed by atoms with Crippen molar-refractivity contribution in [1.29, 1.82) is 0 Å². The van der Waals surface area contributed by atoms with Crippen LogP contribution in [0.5, 0.6) is 11.5 Å². The predicted octanol–water partition coefficient (Wildman–Crippen LogP) is 4.10. The third kappa shape index (κ3) is 4.13. The molecule has 3 aromatic rings. The first-order valence-corrected chi connectivity index (χ1v) is 10.8. The molecular weight excluding hydrogens is 523 g/mol. The Labute approximate surface area is 201 Å². The minimum Gasteiger partial charge on any atom is -0.493 e. The number of amides is 1. The lowest BCUT2D eigenvalue weighted by atomic mass is 9.95. The first kappa shape index (κ1) is 22.4. The predicted molar refractivity (Wildman–Crippen MR) is 123 cm³/mol. The molecule has 0 aliphatic carbocycles. The van der Waals surface area contributed by atoms with Crippen molar-refractivity contribution in [3.05, 3.63) is 67.2 Å². The van der Waals surface area contributed by atoms with Crippen LogP contribution in [0, 0.1) is 0 Å². The zero-order chi connectivity index (χ0) is 23.0. The number of aromatic nitrogens is 4. The van der Waals surface area contributed by atoms with E-state index < -0.39 is 11.9 Å². The molecule has 0 saturated heterocycles. The maximum atomic E-state index is 12.3. The van der Waals surface area contributed by atoms with Crippen molar-refractivity contribution in [3.63, 3.8) is 0 Å². The van der Waals surface area contributed by atoms with Gasteiger partial charge in [0.05, 0.1) is 27.2 Å². The van der Waals surface area contributed by atoms with E-state index in [1.165, 1.54) is 11.8 Å². The number of allylic oxidation sites excluding steroid dienone is 1. The molecule has 1 aromatic heterocycles. The number of hydrogen-bond donors (Lipinski definition) is 2. The molecule has 1 atom stereocenters. The number of rotatable bonds is 6. The summed E-state index contributed by atoms with van der Waals surface area (Å²) in [5.41, 5.74) is 8.10. The number of benzene rings is 2. The van der Waals surface area contributed by atoms with Crippen molar-refractivity contribution in [2.24, 2.45) is 5.73 Å². The van der Waals surface area contributed by atoms with Crippen LogP contribution in [-0.2, 0) is 11.4 Å². The van der Waals surface area contributed by atoms with Gasteiger partial charge in [0.15, 0.2) is 11.5 Å². The van der Waals surface area contributed by atoms with E-state index in [1.807, 2.05) is 12.1 Å². The second-order valence-electron chi connectivity index (χ2n) is 6.95. The van der Waals surface area contributed by atoms with Crippen LogP contribution in [0.25, 0.3) is 0 Å². The lowest BCUT2D eigenvalue weighted by molar-refractivity contribution is -0.115. The molecule has 4 rings (SSSR count). The summed E-state index contributed by atoms with van der Waals surface area (Å²) in [6.07, 6.45) is 0. The summed E-state index contributed by atoms with van der Waals surface area (Å²) in [6.45, 7) is 1.98. The molecule has 3 N–H and O–H groups in total. The molecular formula is C20H17BrCl2N6O3. The van der Waals surface area contributed by atoms with E-state index in [-0.39, 0.29) is 6.61 Å². The van der Waals surface area contributed by atoms with Crippen molar-refractivity contribution < 1.29 is 14.3 Å². The van der Waals surface area contributed by atoms with Crippen LogP contribution in [0.3, 0.4) is 0 Å². The fraction of sp³-hybridized carbons (Fsp3) is 0.200. The molecule has 0 fully saturated rings. The number of halogens is 3. The van der Waals surface area contributed by atoms with Crippen molar-refractivity contribution in [3.8, 4) is 11.5 Å². The van der Waals surface area contributed by atoms with E-state index in [9.17, 15) is 4.79 Å². The quantitative estimate of drug-likeness (QED) is 0.484. The number of ether oxygens (including phenoxy) is 2. The molecule has 12 heteroatoms. The minimum absolute atomic E-state index is 0.237. The van der Waals surface area contributed by atoms with Crippen LogP contribution in [0.2, 0.25) is 10.0 Å². The molecule has 1 aliphatic rings. The number of nitrogens with two attached hydrogens (primary N) is 1. The third-order valence-corrected chi connectivity index (χ3v) is 6.24. The Kier molecular flexibility index (Phi) is 6.27. The number of tetrazole rings is 1. The van der Waals surface area contributed by atoms with Gasteiger partial charge in [0, 0.05) is 5.70 Å². The van der Waals surface area contributed by atoms with Crippen molar-refractivity contribution in [1.82, 2.24) is 20.2 Å². The summed E-state index contributed by atoms with van der Waals surface area (Å²) in [5, 5.41) is 15.6. The summed E-state index contributed by atoms with van der Waals surface area (Å²) in [4.78, 5) is 12.3. The molecule has 1 aliphatic heterocycles. The van der Waals surface area contributed by atoms with Gasteiger partial charge in [-0.15, -0.1) is 0 Å². The smallest absolute Gasteiger partial charge is 0.248 e. The van der Waals surface area contributed by atoms with E-state index in [0.717, 1.165) is 5.56 Å². The van der Waals surface area contributed by atoms with Gasteiger partial charge < -0.3 is 20.5 Å². The number of anilines is 1. The molecule has 2 aromatic carbocycles. The standard InChI is InChI=1S/C20H17BrCl2N6O3/c1-9-16(19(24)30)17(29-20(25-9)26-27-28-29)11-6-12(21)18(15(7-11)31-2)32-8-10-3-4-13(22)14(23)5-10/h3-7,17H,8H2,1-2H3,(H2,24,30)(H,25,26,28). The Balaban J connectivity index is 1.72. The molecule has 166 valence electrons. The molecule has 1 amide bonds. The van der Waals surface area contributed by atoms with Gasteiger partial charge in [-0.25, -0.2) is 0 Å². The van der Waals surface area contributed by atoms with Crippen molar-refractivity contribution >= 4 is 51.0 Å². The topological polar surface area (TPSA) is 117 Å². The fourth-order valence-corrected chi connectivity index (χ4v) is 4.36. The fourth-order valence-electron chi connectivity index (χ4n) is 3.46. The molecule has 1 unspecified atom stereocenters. The van der Waals surface area contributed by atoms with Crippen LogP contribution < -0.4 is 20.5 Å². The lowest BCUT2D eigenvalue weighted by Gasteiger charge is -2.27. The number of carbonyl (C=O) groups excluding carboxylic acids is 1. The highest BCUT2D eigenvalue weighted by Crippen LogP contribution is 2.42. The van der Waals surface area contributed by atoms with Crippen LogP contribution in [0.15, 0.2) is 46.1 Å². The summed E-state index contributed by atoms with van der Waals surface area (Å²) < 4.78 is 13.7. The number of hydrogen-bond acceptors (Lipinski definition) is 7. The average Bonchev–Trinajstić information content (AvgIpc) is 3.21. The van der Waals surface area contributed by atoms with E-state index in [0.29, 0.717) is 48.8 Å². The maximum Gasteiger partial charge on any atom is 0.248 e. The number of primary amides is 1. The van der Waals surface area contributed by atoms with Gasteiger partial charge in [-0.3, -0.25) is 4.79 Å². The van der Waals surface area contributed by atoms with Gasteiger partial charge in [0.1, 0.15) is 12.6 Å². The van der Waals surface area contributed by atoms with Gasteiger partial charge in [0.2, 0.25) is 11.9 Å². The highest BCUT2D eigenvalue weighted by molar-refractivity contribution is 9.10. The van der Waals surface area contributed by atoms with Gasteiger partial charge in [0.25, 0.3) is 0 Å². The molecule has 0 saturated carbocycles. The molecule has 0 spiro atoms. The maximum absolute atomic E-state index is 12.3. The summed E-state index contributed by atoms with van der Waals surface area (Å²) in [5.74, 6) is 0.738. The first-order chi connectivity index (χ1) is 15.3. The Morgan fingerprint density at radius 3 is 2.75 bits per heavy atom. The molecule has 0 bridgehead atoms. The van der Waals surface area contributed by atoms with Gasteiger partial charge in [-0.2, -0.15) is 4.68 Å². The normalized spacial score (nSPS) is 15.2. The highest BCUT2D eigenvalue weighted by atomic mass is 79.9. The summed E-state index contributed by atoms with van der Waals surface area (Å²) in [7, 11) is 1.53. The number of methoxy groups -OCH3 is 1. The Bertz CT molecular complexity index is 1250. The Hall–Kier alpha value is -2.82. The summed E-state index contributed by atoms with van der Waals surface area (Å²) >= 11 is 15.6. The van der Waals surface area contributed by atoms with E-state index in [4.69, 9.17) is 38.4 Å². The first-order valence-electron chi connectivity index (χ1n) is 9.29. The number of carbonyl (C=O) groups is 1. The minimum atomic E-state index is -0.645. The summed E-state index contributed by atoms with van der Waals surface area (Å²) in [6, 6.07) is 8.19. The highest BCUT2D eigenvalue weighted by Gasteiger charge is 2.34. The lowest BCUT2D eigenvalue weighted by Crippen LogP contribution is -2.31. The largest absolute Gasteiger partial charge is 0.493 e. The third-order valence-electron chi connectivity index (χ3n) is 4.91. The second-order valence-corrected chi connectivity index (χ2v) is 8.62. The number of nitrogens with one attached hydrogen (secondary N) is 1. The van der Waals surface area contributed by atoms with Gasteiger partial charge in [-0.05, 0) is 68.7 Å². The molecule has 0 radical (unpaired) electrons. The van der Waals surface area contributed by atoms with E-state index in [1.54, 1.807) is 25.1 Å². The van der Waals surface area contributed by atoms with Crippen LogP contribution in [0.1, 0.15) is 24.1 Å². The van der Waals surface area contributed by atoms with Crippen LogP contribution in [-0.4, -0.2) is 33.2 Å². The number of nitrogens with zero attached hydrogens (tertiary/aromatic N) is 4. The van der Waals surface area contributed by atoms with Crippen molar-refractivity contribution in [2.45, 2.75) is 19.6 Å². The number of fused-ring (bicyclic) bond motifs is 1. The van der Waals surface area contributed by atoms with Crippen molar-refractivity contribution in [2.75, 3.05) is 12.4 Å². The monoisotopic (exact) mass is 538 g/mol. The SMILES string of the molecule is COc1cc(C2C(C(N)=O)=C(C)Nc3nnnn32)cc(Br)c1OCc1ccc(Cl)c(Cl)c1. The Morgan fingerprint density at radius 1 is 1.28 bits per heavy atom. The molecule has 2 heterocycles. The zero-order valence-electron chi connectivity index (χ0n) is 16.9. The van der Waals surface area contributed by atoms with Gasteiger partial charge in [-0.1, -0.05) is 34.4 Å². The zero-order valence-corrected chi connectivity index (χ0v) is 20.0. The van der Waals surface area contributed by atoms with Gasteiger partial charge >= 0.3 is 0 Å². The van der Waals surface area contributed by atoms with E-state index >= 15 is 0 Å². The Morgan fingerprint density at radius 2 is 2.06 bits per heavy atom. The average molecular weight is 540 g/mol. The van der Waals surface area contributed by atoms with Crippen LogP contribution >= 0.6 is 39.1 Å². The van der Waals surface area contributed by atoms with Crippen LogP contribution in [0.4, 0.5) is 5.95 Å².